The van der Waals surface area contributed by atoms with Crippen molar-refractivity contribution in [1.29, 1.82) is 0 Å². The van der Waals surface area contributed by atoms with E-state index >= 15 is 4.39 Å². The fourth-order valence-corrected chi connectivity index (χ4v) is 6.30. The molecule has 2 unspecified atom stereocenters. The molecule has 2 atom stereocenters. The molecule has 0 amide bonds. The summed E-state index contributed by atoms with van der Waals surface area (Å²) in [5, 5.41) is 4.39. The van der Waals surface area contributed by atoms with Crippen LogP contribution in [-0.2, 0) is 6.42 Å². The molecule has 11 heteroatoms. The number of fused-ring (bicyclic) bond motifs is 1. The molecule has 0 fully saturated rings. The van der Waals surface area contributed by atoms with E-state index in [0.29, 0.717) is 46.8 Å². The zero-order valence-electron chi connectivity index (χ0n) is 26.2. The second kappa shape index (κ2) is 16.2. The van der Waals surface area contributed by atoms with E-state index in [9.17, 15) is 4.79 Å². The smallest absolute Gasteiger partial charge is 0.354 e. The van der Waals surface area contributed by atoms with Crippen molar-refractivity contribution in [2.24, 2.45) is 16.5 Å². The number of aromatic nitrogens is 3. The Morgan fingerprint density at radius 2 is 2.07 bits per heavy atom. The van der Waals surface area contributed by atoms with Gasteiger partial charge in [-0.1, -0.05) is 37.1 Å². The van der Waals surface area contributed by atoms with Crippen molar-refractivity contribution in [2.75, 3.05) is 19.3 Å². The van der Waals surface area contributed by atoms with Gasteiger partial charge < -0.3 is 21.8 Å². The first-order valence-corrected chi connectivity index (χ1v) is 16.9. The summed E-state index contributed by atoms with van der Waals surface area (Å²) in [6, 6.07) is 11.4. The van der Waals surface area contributed by atoms with Crippen LogP contribution in [0.4, 0.5) is 4.39 Å². The maximum absolute atomic E-state index is 15.2. The number of H-pyrrole nitrogens is 1. The maximum atomic E-state index is 15.2. The number of thioether (sulfide) groups is 1. The van der Waals surface area contributed by atoms with Crippen molar-refractivity contribution < 1.29 is 4.39 Å². The van der Waals surface area contributed by atoms with Crippen molar-refractivity contribution in [3.63, 3.8) is 0 Å². The summed E-state index contributed by atoms with van der Waals surface area (Å²) >= 11 is 7.93. The van der Waals surface area contributed by atoms with Crippen molar-refractivity contribution >= 4 is 40.2 Å². The third-order valence-electron chi connectivity index (χ3n) is 7.73. The Labute approximate surface area is 273 Å². The Balaban J connectivity index is 1.62. The molecule has 8 nitrogen and oxygen atoms in total. The normalized spacial score (nSPS) is 13.3. The van der Waals surface area contributed by atoms with Gasteiger partial charge in [0.05, 0.1) is 22.2 Å². The van der Waals surface area contributed by atoms with E-state index in [1.807, 2.05) is 18.4 Å². The van der Waals surface area contributed by atoms with Crippen LogP contribution in [0.5, 0.6) is 0 Å². The van der Waals surface area contributed by atoms with Crippen LogP contribution < -0.4 is 22.5 Å². The third-order valence-corrected chi connectivity index (χ3v) is 8.80. The highest BCUT2D eigenvalue weighted by Crippen LogP contribution is 2.33. The first kappa shape index (κ1) is 34.4. The van der Waals surface area contributed by atoms with Gasteiger partial charge in [-0.15, -0.1) is 18.3 Å². The molecule has 6 N–H and O–H groups in total. The molecule has 0 spiro atoms. The minimum absolute atomic E-state index is 0.0430. The fraction of sp³-hybridized carbons (Fsp3) is 0.382. The summed E-state index contributed by atoms with van der Waals surface area (Å²) in [4.78, 5) is 26.0. The molecule has 45 heavy (non-hydrogen) atoms. The highest BCUT2D eigenvalue weighted by atomic mass is 35.5. The molecule has 0 bridgehead atoms. The third kappa shape index (κ3) is 8.85. The quantitative estimate of drug-likeness (QED) is 0.0342. The van der Waals surface area contributed by atoms with Crippen LogP contribution >= 0.6 is 23.4 Å². The number of benzene rings is 2. The minimum atomic E-state index is -0.525. The number of rotatable bonds is 16. The number of amidine groups is 1. The average molecular weight is 652 g/mol. The van der Waals surface area contributed by atoms with E-state index in [2.05, 4.69) is 39.8 Å². The second-order valence-corrected chi connectivity index (χ2v) is 12.5. The Morgan fingerprint density at radius 3 is 2.78 bits per heavy atom. The fourth-order valence-electron chi connectivity index (χ4n) is 5.37. The van der Waals surface area contributed by atoms with Crippen molar-refractivity contribution in [3.8, 4) is 16.9 Å². The van der Waals surface area contributed by atoms with Gasteiger partial charge in [0, 0.05) is 40.7 Å². The topological polar surface area (TPSA) is 127 Å². The molecule has 0 radical (unpaired) electrons. The van der Waals surface area contributed by atoms with Crippen LogP contribution in [0.25, 0.3) is 28.0 Å². The standard InChI is InChI=1S/C34H43ClFN7OS/c1-5-9-29(40-15-8-14-39-21(3)37)26-13-12-25(19-31(26)45-4)43-20-23-18-30(41-33(23)42-34(43)44)27-16-22(17-28(35)32(27)36)10-7-11-24(38)6-2/h6,12-13,16-20,24,29,40H,2,5,7-11,14-15,38H2,1,3-4H3,(H2,37,39)(H,41,42,44). The summed E-state index contributed by atoms with van der Waals surface area (Å²) in [6.45, 7) is 9.21. The minimum Gasteiger partial charge on any atom is -0.388 e. The summed E-state index contributed by atoms with van der Waals surface area (Å²) < 4.78 is 16.8. The van der Waals surface area contributed by atoms with E-state index < -0.39 is 11.5 Å². The van der Waals surface area contributed by atoms with Crippen LogP contribution in [0.2, 0.25) is 5.02 Å². The molecule has 2 aromatic heterocycles. The number of aromatic amines is 1. The van der Waals surface area contributed by atoms with Gasteiger partial charge in [-0.2, -0.15) is 4.98 Å². The van der Waals surface area contributed by atoms with Crippen molar-refractivity contribution in [2.45, 2.75) is 69.4 Å². The summed E-state index contributed by atoms with van der Waals surface area (Å²) in [7, 11) is 0. The van der Waals surface area contributed by atoms with E-state index in [1.165, 1.54) is 10.1 Å². The van der Waals surface area contributed by atoms with E-state index in [4.69, 9.17) is 23.1 Å². The Bertz CT molecular complexity index is 1710. The lowest BCUT2D eigenvalue weighted by Crippen LogP contribution is -2.24. The summed E-state index contributed by atoms with van der Waals surface area (Å²) in [5.41, 5.74) is 15.2. The average Bonchev–Trinajstić information content (AvgIpc) is 3.43. The molecule has 2 aromatic carbocycles. The predicted octanol–water partition coefficient (Wildman–Crippen LogP) is 6.93. The van der Waals surface area contributed by atoms with Gasteiger partial charge in [0.25, 0.3) is 0 Å². The van der Waals surface area contributed by atoms with E-state index in [1.54, 1.807) is 49.2 Å². The van der Waals surface area contributed by atoms with E-state index in [-0.39, 0.29) is 17.1 Å². The number of hydrogen-bond donors (Lipinski definition) is 4. The summed E-state index contributed by atoms with van der Waals surface area (Å²) in [5.74, 6) is 0.0732. The lowest BCUT2D eigenvalue weighted by atomic mass is 10.0. The van der Waals surface area contributed by atoms with Gasteiger partial charge in [0.15, 0.2) is 5.82 Å². The van der Waals surface area contributed by atoms with Crippen LogP contribution in [-0.4, -0.2) is 45.8 Å². The predicted molar refractivity (Wildman–Crippen MR) is 187 cm³/mol. The highest BCUT2D eigenvalue weighted by Gasteiger charge is 2.18. The van der Waals surface area contributed by atoms with Gasteiger partial charge in [0.1, 0.15) is 5.65 Å². The van der Waals surface area contributed by atoms with E-state index in [0.717, 1.165) is 49.1 Å². The molecule has 0 aliphatic rings. The molecule has 4 aromatic rings. The zero-order chi connectivity index (χ0) is 32.5. The number of nitrogens with one attached hydrogen (secondary N) is 2. The first-order valence-electron chi connectivity index (χ1n) is 15.3. The Hall–Kier alpha value is -3.44. The zero-order valence-corrected chi connectivity index (χ0v) is 27.8. The number of aliphatic imine (C=N–C) groups is 1. The lowest BCUT2D eigenvalue weighted by Gasteiger charge is -2.22. The molecule has 4 rings (SSSR count). The second-order valence-electron chi connectivity index (χ2n) is 11.2. The van der Waals surface area contributed by atoms with Gasteiger partial charge >= 0.3 is 5.69 Å². The molecule has 240 valence electrons. The van der Waals surface area contributed by atoms with Gasteiger partial charge in [-0.05, 0) is 93.3 Å². The molecule has 0 aliphatic heterocycles. The molecule has 2 heterocycles. The number of halogens is 2. The molecular formula is C34H43ClFN7OS. The number of nitrogens with two attached hydrogens (primary N) is 2. The van der Waals surface area contributed by atoms with Crippen LogP contribution in [0.3, 0.4) is 0 Å². The van der Waals surface area contributed by atoms with Gasteiger partial charge in [-0.3, -0.25) is 9.56 Å². The van der Waals surface area contributed by atoms with Crippen LogP contribution in [0, 0.1) is 5.82 Å². The number of nitrogens with zero attached hydrogens (tertiary/aromatic N) is 3. The SMILES string of the molecule is C=CC(N)CCCc1cc(Cl)c(F)c(-c2cc3cn(-c4ccc(C(CCC)NCCCN=C(C)N)c(SC)c4)c(=O)nc3[nH]2)c1. The van der Waals surface area contributed by atoms with Crippen LogP contribution in [0.1, 0.15) is 63.1 Å². The monoisotopic (exact) mass is 651 g/mol. The van der Waals surface area contributed by atoms with Gasteiger partial charge in [0.2, 0.25) is 0 Å². The Morgan fingerprint density at radius 1 is 1.27 bits per heavy atom. The lowest BCUT2D eigenvalue weighted by molar-refractivity contribution is 0.484. The highest BCUT2D eigenvalue weighted by molar-refractivity contribution is 7.98. The van der Waals surface area contributed by atoms with Gasteiger partial charge in [-0.25, -0.2) is 9.18 Å². The number of hydrogen-bond acceptors (Lipinski definition) is 6. The number of aryl methyl sites for hydroxylation is 1. The maximum Gasteiger partial charge on any atom is 0.354 e. The largest absolute Gasteiger partial charge is 0.388 e. The van der Waals surface area contributed by atoms with Crippen molar-refractivity contribution in [1.82, 2.24) is 19.9 Å². The molecule has 0 saturated carbocycles. The van der Waals surface area contributed by atoms with Crippen molar-refractivity contribution in [3.05, 3.63) is 87.7 Å². The van der Waals surface area contributed by atoms with Crippen LogP contribution in [0.15, 0.2) is 69.9 Å². The molecular weight excluding hydrogens is 609 g/mol. The summed E-state index contributed by atoms with van der Waals surface area (Å²) in [6.07, 6.45) is 10.7. The first-order chi connectivity index (χ1) is 21.6. The Kier molecular flexibility index (Phi) is 12.4. The molecule has 0 aliphatic carbocycles. The molecule has 0 saturated heterocycles.